The Labute approximate surface area is 103 Å². The predicted molar refractivity (Wildman–Crippen MR) is 65.8 cm³/mol. The van der Waals surface area contributed by atoms with E-state index in [9.17, 15) is 9.90 Å². The summed E-state index contributed by atoms with van der Waals surface area (Å²) in [5.74, 6) is -0.145. The van der Waals surface area contributed by atoms with Crippen LogP contribution in [0.4, 0.5) is 0 Å². The van der Waals surface area contributed by atoms with Crippen molar-refractivity contribution in [3.8, 4) is 5.75 Å². The quantitative estimate of drug-likeness (QED) is 0.818. The number of nitrogens with two attached hydrogens (primary N) is 1. The summed E-state index contributed by atoms with van der Waals surface area (Å²) < 4.78 is 0.588. The van der Waals surface area contributed by atoms with Gasteiger partial charge in [-0.3, -0.25) is 4.79 Å². The number of phenolic OH excluding ortho intramolecular Hbond substituents is 1. The van der Waals surface area contributed by atoms with E-state index in [0.717, 1.165) is 36.8 Å². The molecule has 1 aromatic carbocycles. The lowest BCUT2D eigenvalue weighted by molar-refractivity contribution is 0.0997. The van der Waals surface area contributed by atoms with E-state index in [1.165, 1.54) is 0 Å². The van der Waals surface area contributed by atoms with Crippen molar-refractivity contribution >= 4 is 21.7 Å². The largest absolute Gasteiger partial charge is 0.506 e. The van der Waals surface area contributed by atoms with Crippen molar-refractivity contribution in [3.63, 3.8) is 0 Å². The molecule has 86 valence electrons. The zero-order valence-electron chi connectivity index (χ0n) is 8.92. The Morgan fingerprint density at radius 2 is 2.12 bits per heavy atom. The number of aromatic hydroxyl groups is 1. The van der Waals surface area contributed by atoms with Crippen LogP contribution in [0.1, 0.15) is 34.3 Å². The highest BCUT2D eigenvalue weighted by atomic mass is 79.9. The lowest BCUT2D eigenvalue weighted by Crippen LogP contribution is -2.18. The fourth-order valence-electron chi connectivity index (χ4n) is 2.26. The molecule has 0 saturated heterocycles. The summed E-state index contributed by atoms with van der Waals surface area (Å²) in [6.45, 7) is -0.0591. The zero-order chi connectivity index (χ0) is 11.7. The zero-order valence-corrected chi connectivity index (χ0v) is 10.5. The van der Waals surface area contributed by atoms with Crippen molar-refractivity contribution < 1.29 is 9.90 Å². The molecule has 0 radical (unpaired) electrons. The predicted octanol–water partition coefficient (Wildman–Crippen LogP) is 2.17. The van der Waals surface area contributed by atoms with Crippen molar-refractivity contribution in [2.24, 2.45) is 5.73 Å². The van der Waals surface area contributed by atoms with Gasteiger partial charge in [-0.05, 0) is 58.8 Å². The fourth-order valence-corrected chi connectivity index (χ4v) is 2.73. The highest BCUT2D eigenvalue weighted by Gasteiger charge is 2.22. The average Bonchev–Trinajstić information content (AvgIpc) is 2.30. The van der Waals surface area contributed by atoms with Gasteiger partial charge in [0.05, 0.1) is 16.6 Å². The first kappa shape index (κ1) is 11.6. The molecule has 0 spiro atoms. The maximum Gasteiger partial charge on any atom is 0.180 e. The van der Waals surface area contributed by atoms with Crippen LogP contribution in [0.3, 0.4) is 0 Å². The van der Waals surface area contributed by atoms with Crippen LogP contribution in [0.5, 0.6) is 5.75 Å². The van der Waals surface area contributed by atoms with Crippen LogP contribution >= 0.6 is 15.9 Å². The number of carbonyl (C=O) groups excluding carboxylic acids is 1. The number of ketones is 1. The van der Waals surface area contributed by atoms with Gasteiger partial charge in [0.1, 0.15) is 5.75 Å². The van der Waals surface area contributed by atoms with E-state index >= 15 is 0 Å². The first-order valence-electron chi connectivity index (χ1n) is 5.41. The van der Waals surface area contributed by atoms with E-state index in [2.05, 4.69) is 15.9 Å². The smallest absolute Gasteiger partial charge is 0.180 e. The molecule has 0 fully saturated rings. The van der Waals surface area contributed by atoms with E-state index in [1.807, 2.05) is 6.07 Å². The third-order valence-electron chi connectivity index (χ3n) is 3.04. The van der Waals surface area contributed by atoms with Crippen molar-refractivity contribution in [2.75, 3.05) is 6.54 Å². The molecule has 1 aliphatic rings. The first-order chi connectivity index (χ1) is 7.65. The van der Waals surface area contributed by atoms with Crippen LogP contribution in [0, 0.1) is 0 Å². The van der Waals surface area contributed by atoms with Gasteiger partial charge in [0.25, 0.3) is 0 Å². The third kappa shape index (κ3) is 1.87. The van der Waals surface area contributed by atoms with E-state index in [0.29, 0.717) is 10.0 Å². The number of rotatable bonds is 2. The highest BCUT2D eigenvalue weighted by molar-refractivity contribution is 9.10. The number of hydrogen-bond acceptors (Lipinski definition) is 3. The third-order valence-corrected chi connectivity index (χ3v) is 3.64. The SMILES string of the molecule is NCC(=O)c1c(O)c(Br)cc2c1CCCC2. The minimum Gasteiger partial charge on any atom is -0.506 e. The Balaban J connectivity index is 2.63. The summed E-state index contributed by atoms with van der Waals surface area (Å²) in [6, 6.07) is 1.91. The lowest BCUT2D eigenvalue weighted by atomic mass is 9.86. The normalized spacial score (nSPS) is 14.6. The molecule has 3 nitrogen and oxygen atoms in total. The summed E-state index contributed by atoms with van der Waals surface area (Å²) >= 11 is 3.28. The Kier molecular flexibility index (Phi) is 3.30. The van der Waals surface area contributed by atoms with E-state index in [-0.39, 0.29) is 18.1 Å². The van der Waals surface area contributed by atoms with Crippen LogP contribution in [-0.2, 0) is 12.8 Å². The topological polar surface area (TPSA) is 63.3 Å². The number of aryl methyl sites for hydroxylation is 1. The van der Waals surface area contributed by atoms with Crippen molar-refractivity contribution in [2.45, 2.75) is 25.7 Å². The van der Waals surface area contributed by atoms with Crippen molar-refractivity contribution in [3.05, 3.63) is 27.2 Å². The number of hydrogen-bond donors (Lipinski definition) is 2. The fraction of sp³-hybridized carbons (Fsp3) is 0.417. The molecule has 0 amide bonds. The number of carbonyl (C=O) groups is 1. The molecule has 0 heterocycles. The summed E-state index contributed by atoms with van der Waals surface area (Å²) in [5, 5.41) is 9.93. The second-order valence-electron chi connectivity index (χ2n) is 4.05. The lowest BCUT2D eigenvalue weighted by Gasteiger charge is -2.20. The number of fused-ring (bicyclic) bond motifs is 1. The van der Waals surface area contributed by atoms with Crippen LogP contribution in [0.2, 0.25) is 0 Å². The van der Waals surface area contributed by atoms with Gasteiger partial charge in [0.2, 0.25) is 0 Å². The second kappa shape index (κ2) is 4.55. The van der Waals surface area contributed by atoms with Crippen LogP contribution in [0.15, 0.2) is 10.5 Å². The van der Waals surface area contributed by atoms with Gasteiger partial charge in [-0.25, -0.2) is 0 Å². The molecule has 0 aliphatic heterocycles. The molecule has 2 rings (SSSR count). The summed E-state index contributed by atoms with van der Waals surface area (Å²) in [6.07, 6.45) is 4.04. The summed E-state index contributed by atoms with van der Waals surface area (Å²) in [5.41, 5.74) is 7.95. The average molecular weight is 284 g/mol. The van der Waals surface area contributed by atoms with E-state index in [4.69, 9.17) is 5.73 Å². The summed E-state index contributed by atoms with van der Waals surface area (Å²) in [7, 11) is 0. The van der Waals surface area contributed by atoms with Gasteiger partial charge in [0, 0.05) is 0 Å². The number of halogens is 1. The molecule has 1 aromatic rings. The maximum absolute atomic E-state index is 11.8. The Bertz CT molecular complexity index is 443. The van der Waals surface area contributed by atoms with Crippen molar-refractivity contribution in [1.29, 1.82) is 0 Å². The van der Waals surface area contributed by atoms with Gasteiger partial charge in [-0.1, -0.05) is 0 Å². The van der Waals surface area contributed by atoms with Crippen molar-refractivity contribution in [1.82, 2.24) is 0 Å². The van der Waals surface area contributed by atoms with E-state index in [1.54, 1.807) is 0 Å². The molecule has 3 N–H and O–H groups in total. The number of Topliss-reactive ketones (excluding diaryl/α,β-unsaturated/α-hetero) is 1. The number of benzene rings is 1. The molecule has 0 unspecified atom stereocenters. The van der Waals surface area contributed by atoms with Gasteiger partial charge in [0.15, 0.2) is 5.78 Å². The van der Waals surface area contributed by atoms with Gasteiger partial charge >= 0.3 is 0 Å². The molecular formula is C12H14BrNO2. The van der Waals surface area contributed by atoms with E-state index < -0.39 is 0 Å². The Morgan fingerprint density at radius 3 is 2.81 bits per heavy atom. The second-order valence-corrected chi connectivity index (χ2v) is 4.91. The van der Waals surface area contributed by atoms with Gasteiger partial charge < -0.3 is 10.8 Å². The molecule has 0 atom stereocenters. The summed E-state index contributed by atoms with van der Waals surface area (Å²) in [4.78, 5) is 11.8. The molecule has 4 heteroatoms. The minimum atomic E-state index is -0.183. The molecule has 16 heavy (non-hydrogen) atoms. The molecule has 0 aromatic heterocycles. The molecular weight excluding hydrogens is 270 g/mol. The Morgan fingerprint density at radius 1 is 1.44 bits per heavy atom. The first-order valence-corrected chi connectivity index (χ1v) is 6.21. The van der Waals surface area contributed by atoms with Gasteiger partial charge in [-0.15, -0.1) is 0 Å². The highest BCUT2D eigenvalue weighted by Crippen LogP contribution is 2.36. The molecule has 0 bridgehead atoms. The minimum absolute atomic E-state index is 0.0381. The standard InChI is InChI=1S/C12H14BrNO2/c13-9-5-7-3-1-2-4-8(7)11(12(9)16)10(15)6-14/h5,16H,1-4,6,14H2. The van der Waals surface area contributed by atoms with Gasteiger partial charge in [-0.2, -0.15) is 0 Å². The van der Waals surface area contributed by atoms with Crippen LogP contribution in [-0.4, -0.2) is 17.4 Å². The molecule has 1 aliphatic carbocycles. The maximum atomic E-state index is 11.8. The molecule has 0 saturated carbocycles. The van der Waals surface area contributed by atoms with Crippen LogP contribution < -0.4 is 5.73 Å². The monoisotopic (exact) mass is 283 g/mol. The number of phenols is 1. The Hall–Kier alpha value is -0.870. The van der Waals surface area contributed by atoms with Crippen LogP contribution in [0.25, 0.3) is 0 Å².